The summed E-state index contributed by atoms with van der Waals surface area (Å²) in [5.74, 6) is -0.429. The average Bonchev–Trinajstić information content (AvgIpc) is 3.05. The van der Waals surface area contributed by atoms with E-state index in [2.05, 4.69) is 5.32 Å². The zero-order valence-electron chi connectivity index (χ0n) is 14.8. The number of ether oxygens (including phenoxy) is 2. The maximum absolute atomic E-state index is 12.7. The maximum atomic E-state index is 12.7. The first-order valence-corrected chi connectivity index (χ1v) is 9.35. The summed E-state index contributed by atoms with van der Waals surface area (Å²) >= 11 is 1.44. The topological polar surface area (TPSA) is 90.6 Å². The standard InChI is InChI=1S/C17H28N2O4S/c1-17(2,3)23-16(21)13-11(10-7-5-6-8-10)9-24-14(19-13)12(18)15(20)22-4/h9-10,12-14,19H,5-8,18H2,1-4H3. The largest absolute Gasteiger partial charge is 0.468 e. The number of nitrogens with one attached hydrogen (secondary N) is 1. The van der Waals surface area contributed by atoms with Crippen molar-refractivity contribution in [3.05, 3.63) is 11.0 Å². The zero-order valence-corrected chi connectivity index (χ0v) is 15.7. The molecule has 1 aliphatic heterocycles. The molecule has 0 spiro atoms. The molecule has 3 N–H and O–H groups in total. The molecule has 1 saturated carbocycles. The van der Waals surface area contributed by atoms with Crippen molar-refractivity contribution in [2.24, 2.45) is 11.7 Å². The molecule has 3 atom stereocenters. The van der Waals surface area contributed by atoms with E-state index >= 15 is 0 Å². The van der Waals surface area contributed by atoms with Crippen LogP contribution in [0, 0.1) is 5.92 Å². The molecule has 1 fully saturated rings. The molecule has 0 bridgehead atoms. The van der Waals surface area contributed by atoms with E-state index in [1.54, 1.807) is 0 Å². The summed E-state index contributed by atoms with van der Waals surface area (Å²) in [6.07, 6.45) is 4.53. The molecule has 7 heteroatoms. The van der Waals surface area contributed by atoms with Crippen molar-refractivity contribution in [1.82, 2.24) is 5.32 Å². The lowest BCUT2D eigenvalue weighted by molar-refractivity contribution is -0.157. The van der Waals surface area contributed by atoms with Crippen LogP contribution in [0.1, 0.15) is 46.5 Å². The molecule has 2 aliphatic rings. The monoisotopic (exact) mass is 356 g/mol. The second kappa shape index (κ2) is 7.89. The fourth-order valence-corrected chi connectivity index (χ4v) is 4.25. The first kappa shape index (κ1) is 19.3. The molecule has 1 aliphatic carbocycles. The molecular formula is C17H28N2O4S. The molecule has 136 valence electrons. The van der Waals surface area contributed by atoms with Crippen molar-refractivity contribution in [3.8, 4) is 0 Å². The highest BCUT2D eigenvalue weighted by atomic mass is 32.2. The predicted molar refractivity (Wildman–Crippen MR) is 94.2 cm³/mol. The lowest BCUT2D eigenvalue weighted by Gasteiger charge is -2.35. The highest BCUT2D eigenvalue weighted by molar-refractivity contribution is 8.02. The Bertz CT molecular complexity index is 509. The fourth-order valence-electron chi connectivity index (χ4n) is 3.12. The fraction of sp³-hybridized carbons (Fsp3) is 0.765. The van der Waals surface area contributed by atoms with E-state index in [-0.39, 0.29) is 5.97 Å². The third-order valence-corrected chi connectivity index (χ3v) is 5.41. The van der Waals surface area contributed by atoms with Crippen molar-refractivity contribution in [3.63, 3.8) is 0 Å². The summed E-state index contributed by atoms with van der Waals surface area (Å²) in [5, 5.41) is 4.79. The average molecular weight is 356 g/mol. The minimum absolute atomic E-state index is 0.317. The van der Waals surface area contributed by atoms with Crippen LogP contribution in [-0.2, 0) is 19.1 Å². The van der Waals surface area contributed by atoms with Gasteiger partial charge in [-0.15, -0.1) is 11.8 Å². The van der Waals surface area contributed by atoms with Crippen LogP contribution >= 0.6 is 11.8 Å². The molecule has 0 aromatic heterocycles. The van der Waals surface area contributed by atoms with Crippen LogP contribution in [-0.4, -0.2) is 42.1 Å². The number of carbonyl (C=O) groups is 2. The number of carbonyl (C=O) groups excluding carboxylic acids is 2. The van der Waals surface area contributed by atoms with E-state index in [9.17, 15) is 9.59 Å². The smallest absolute Gasteiger partial charge is 0.328 e. The molecule has 1 heterocycles. The minimum Gasteiger partial charge on any atom is -0.468 e. The third-order valence-electron chi connectivity index (χ3n) is 4.28. The Balaban J connectivity index is 2.19. The van der Waals surface area contributed by atoms with Gasteiger partial charge in [-0.2, -0.15) is 0 Å². The van der Waals surface area contributed by atoms with Crippen molar-refractivity contribution < 1.29 is 19.1 Å². The van der Waals surface area contributed by atoms with Gasteiger partial charge in [-0.25, -0.2) is 4.79 Å². The van der Waals surface area contributed by atoms with Crippen LogP contribution in [0.15, 0.2) is 11.0 Å². The number of hydrogen-bond acceptors (Lipinski definition) is 7. The van der Waals surface area contributed by atoms with Crippen LogP contribution in [0.25, 0.3) is 0 Å². The second-order valence-electron chi connectivity index (χ2n) is 7.34. The Morgan fingerprint density at radius 2 is 1.96 bits per heavy atom. The first-order chi connectivity index (χ1) is 11.2. The van der Waals surface area contributed by atoms with Crippen LogP contribution in [0.3, 0.4) is 0 Å². The number of hydrogen-bond donors (Lipinski definition) is 2. The van der Waals surface area contributed by atoms with E-state index in [4.69, 9.17) is 15.2 Å². The summed E-state index contributed by atoms with van der Waals surface area (Å²) in [6.45, 7) is 5.54. The Morgan fingerprint density at radius 1 is 1.33 bits per heavy atom. The van der Waals surface area contributed by atoms with Crippen molar-refractivity contribution in [1.29, 1.82) is 0 Å². The van der Waals surface area contributed by atoms with Crippen molar-refractivity contribution >= 4 is 23.7 Å². The van der Waals surface area contributed by atoms with Crippen molar-refractivity contribution in [2.45, 2.75) is 69.5 Å². The number of methoxy groups -OCH3 is 1. The van der Waals surface area contributed by atoms with Gasteiger partial charge < -0.3 is 15.2 Å². The molecule has 24 heavy (non-hydrogen) atoms. The maximum Gasteiger partial charge on any atom is 0.328 e. The number of thioether (sulfide) groups is 1. The summed E-state index contributed by atoms with van der Waals surface area (Å²) in [4.78, 5) is 24.4. The molecular weight excluding hydrogens is 328 g/mol. The second-order valence-corrected chi connectivity index (χ2v) is 8.35. The lowest BCUT2D eigenvalue weighted by atomic mass is 9.92. The van der Waals surface area contributed by atoms with E-state index in [1.165, 1.54) is 31.7 Å². The highest BCUT2D eigenvalue weighted by Gasteiger charge is 2.40. The van der Waals surface area contributed by atoms with Gasteiger partial charge >= 0.3 is 11.9 Å². The Morgan fingerprint density at radius 3 is 2.50 bits per heavy atom. The van der Waals surface area contributed by atoms with Gasteiger partial charge in [0.25, 0.3) is 0 Å². The van der Waals surface area contributed by atoms with Gasteiger partial charge in [0.15, 0.2) is 0 Å². The van der Waals surface area contributed by atoms with E-state index in [1.807, 2.05) is 26.2 Å². The van der Waals surface area contributed by atoms with Crippen LogP contribution in [0.2, 0.25) is 0 Å². The third kappa shape index (κ3) is 4.74. The van der Waals surface area contributed by atoms with Gasteiger partial charge in [0, 0.05) is 0 Å². The van der Waals surface area contributed by atoms with Gasteiger partial charge in [-0.05, 0) is 50.5 Å². The van der Waals surface area contributed by atoms with E-state index < -0.39 is 29.0 Å². The predicted octanol–water partition coefficient (Wildman–Crippen LogP) is 1.93. The molecule has 0 saturated heterocycles. The first-order valence-electron chi connectivity index (χ1n) is 8.40. The van der Waals surface area contributed by atoms with Crippen LogP contribution < -0.4 is 11.1 Å². The Labute approximate surface area is 147 Å². The lowest BCUT2D eigenvalue weighted by Crippen LogP contribution is -2.56. The van der Waals surface area contributed by atoms with Gasteiger partial charge in [-0.1, -0.05) is 12.8 Å². The van der Waals surface area contributed by atoms with E-state index in [0.29, 0.717) is 5.92 Å². The summed E-state index contributed by atoms with van der Waals surface area (Å²) < 4.78 is 10.3. The Hall–Kier alpha value is -1.05. The normalized spacial score (nSPS) is 26.6. The zero-order chi connectivity index (χ0) is 17.9. The molecule has 0 aromatic rings. The molecule has 2 rings (SSSR count). The SMILES string of the molecule is COC(=O)C(N)C1NC(C(=O)OC(C)(C)C)C(C2CCCC2)=CS1. The molecule has 3 unspecified atom stereocenters. The molecule has 0 amide bonds. The minimum atomic E-state index is -0.841. The molecule has 0 aromatic carbocycles. The van der Waals surface area contributed by atoms with Gasteiger partial charge in [0.05, 0.1) is 12.5 Å². The Kier molecular flexibility index (Phi) is 6.33. The van der Waals surface area contributed by atoms with Gasteiger partial charge in [-0.3, -0.25) is 10.1 Å². The van der Waals surface area contributed by atoms with Gasteiger partial charge in [0.1, 0.15) is 17.7 Å². The summed E-state index contributed by atoms with van der Waals surface area (Å²) in [7, 11) is 1.31. The van der Waals surface area contributed by atoms with E-state index in [0.717, 1.165) is 18.4 Å². The van der Waals surface area contributed by atoms with Crippen LogP contribution in [0.5, 0.6) is 0 Å². The highest BCUT2D eigenvalue weighted by Crippen LogP contribution is 2.38. The number of rotatable bonds is 4. The summed E-state index contributed by atoms with van der Waals surface area (Å²) in [6, 6.07) is -1.40. The van der Waals surface area contributed by atoms with Gasteiger partial charge in [0.2, 0.25) is 0 Å². The number of nitrogens with two attached hydrogens (primary N) is 1. The molecule has 0 radical (unpaired) electrons. The van der Waals surface area contributed by atoms with Crippen molar-refractivity contribution in [2.75, 3.05) is 7.11 Å². The molecule has 6 nitrogen and oxygen atoms in total. The quantitative estimate of drug-likeness (QED) is 0.744. The number of esters is 2. The van der Waals surface area contributed by atoms with Crippen LogP contribution in [0.4, 0.5) is 0 Å². The summed E-state index contributed by atoms with van der Waals surface area (Å²) in [5.41, 5.74) is 6.44.